The van der Waals surface area contributed by atoms with Gasteiger partial charge in [0, 0.05) is 5.69 Å². The number of amides is 1. The topological polar surface area (TPSA) is 66.4 Å². The van der Waals surface area contributed by atoms with E-state index in [1.165, 1.54) is 0 Å². The lowest BCUT2D eigenvalue weighted by molar-refractivity contribution is 0.0692. The summed E-state index contributed by atoms with van der Waals surface area (Å²) in [7, 11) is 0. The second-order valence-corrected chi connectivity index (χ2v) is 3.82. The lowest BCUT2D eigenvalue weighted by Gasteiger charge is -2.07. The van der Waals surface area contributed by atoms with Gasteiger partial charge in [-0.1, -0.05) is 18.2 Å². The normalized spacial score (nSPS) is 9.95. The fourth-order valence-corrected chi connectivity index (χ4v) is 1.61. The summed E-state index contributed by atoms with van der Waals surface area (Å²) >= 11 is 0. The number of hydrogen-bond acceptors (Lipinski definition) is 2. The number of anilines is 1. The lowest BCUT2D eigenvalue weighted by atomic mass is 10.1. The van der Waals surface area contributed by atoms with Gasteiger partial charge in [-0.3, -0.25) is 4.79 Å². The van der Waals surface area contributed by atoms with Crippen LogP contribution < -0.4 is 5.32 Å². The molecule has 2 rings (SSSR count). The molecule has 96 valence electrons. The molecular weight excluding hydrogens is 249 g/mol. The van der Waals surface area contributed by atoms with E-state index in [9.17, 15) is 14.0 Å². The van der Waals surface area contributed by atoms with Crippen LogP contribution in [0.4, 0.5) is 10.1 Å². The maximum atomic E-state index is 13.0. The third kappa shape index (κ3) is 2.95. The maximum absolute atomic E-state index is 13.0. The highest BCUT2D eigenvalue weighted by Gasteiger charge is 2.17. The minimum atomic E-state index is -1.35. The third-order valence-corrected chi connectivity index (χ3v) is 2.49. The molecule has 0 aliphatic carbocycles. The first-order valence-corrected chi connectivity index (χ1v) is 5.47. The summed E-state index contributed by atoms with van der Waals surface area (Å²) < 4.78 is 13.0. The first-order chi connectivity index (χ1) is 9.08. The largest absolute Gasteiger partial charge is 0.478 e. The zero-order chi connectivity index (χ0) is 13.8. The number of hydrogen-bond donors (Lipinski definition) is 2. The van der Waals surface area contributed by atoms with Crippen molar-refractivity contribution in [1.82, 2.24) is 0 Å². The Hall–Kier alpha value is -2.69. The van der Waals surface area contributed by atoms with Gasteiger partial charge in [0.2, 0.25) is 0 Å². The van der Waals surface area contributed by atoms with E-state index in [4.69, 9.17) is 5.11 Å². The highest BCUT2D eigenvalue weighted by molar-refractivity contribution is 6.10. The molecule has 0 bridgehead atoms. The van der Waals surface area contributed by atoms with Gasteiger partial charge in [0.05, 0.1) is 11.1 Å². The van der Waals surface area contributed by atoms with Crippen LogP contribution in [0.25, 0.3) is 0 Å². The van der Waals surface area contributed by atoms with Gasteiger partial charge in [0.25, 0.3) is 5.91 Å². The number of carboxylic acid groups (broad SMARTS) is 1. The van der Waals surface area contributed by atoms with Gasteiger partial charge >= 0.3 is 5.97 Å². The van der Waals surface area contributed by atoms with Crippen molar-refractivity contribution in [2.24, 2.45) is 0 Å². The van der Waals surface area contributed by atoms with Crippen molar-refractivity contribution in [2.45, 2.75) is 0 Å². The maximum Gasteiger partial charge on any atom is 0.336 e. The van der Waals surface area contributed by atoms with Gasteiger partial charge in [0.15, 0.2) is 0 Å². The van der Waals surface area contributed by atoms with Crippen LogP contribution >= 0.6 is 0 Å². The number of benzene rings is 2. The van der Waals surface area contributed by atoms with Gasteiger partial charge in [-0.05, 0) is 30.3 Å². The predicted molar refractivity (Wildman–Crippen MR) is 67.8 cm³/mol. The summed E-state index contributed by atoms with van der Waals surface area (Å²) in [6.45, 7) is 0. The molecule has 4 nitrogen and oxygen atoms in total. The summed E-state index contributed by atoms with van der Waals surface area (Å²) in [4.78, 5) is 22.9. The Kier molecular flexibility index (Phi) is 3.56. The predicted octanol–water partition coefficient (Wildman–Crippen LogP) is 2.78. The molecule has 2 N–H and O–H groups in total. The molecule has 0 spiro atoms. The van der Waals surface area contributed by atoms with Crippen molar-refractivity contribution < 1.29 is 19.1 Å². The quantitative estimate of drug-likeness (QED) is 0.890. The van der Waals surface area contributed by atoms with Gasteiger partial charge in [-0.15, -0.1) is 0 Å². The average molecular weight is 259 g/mol. The summed E-state index contributed by atoms with van der Waals surface area (Å²) in [5, 5.41) is 11.5. The molecule has 19 heavy (non-hydrogen) atoms. The van der Waals surface area contributed by atoms with Crippen LogP contribution in [0.3, 0.4) is 0 Å². The minimum Gasteiger partial charge on any atom is -0.478 e. The molecule has 2 aromatic rings. The lowest BCUT2D eigenvalue weighted by Crippen LogP contribution is -2.16. The van der Waals surface area contributed by atoms with E-state index >= 15 is 0 Å². The van der Waals surface area contributed by atoms with Gasteiger partial charge in [0.1, 0.15) is 5.82 Å². The van der Waals surface area contributed by atoms with Crippen LogP contribution in [-0.4, -0.2) is 17.0 Å². The van der Waals surface area contributed by atoms with Crippen molar-refractivity contribution >= 4 is 17.6 Å². The molecule has 0 heterocycles. The summed E-state index contributed by atoms with van der Waals surface area (Å²) in [5.41, 5.74) is 0.0827. The Balaban J connectivity index is 2.31. The summed E-state index contributed by atoms with van der Waals surface area (Å²) in [6.07, 6.45) is 0. The second kappa shape index (κ2) is 5.30. The summed E-state index contributed by atoms with van der Waals surface area (Å²) in [6, 6.07) is 11.6. The Morgan fingerprint density at radius 3 is 2.32 bits per heavy atom. The van der Waals surface area contributed by atoms with Crippen LogP contribution in [0.5, 0.6) is 0 Å². The SMILES string of the molecule is O=C(O)c1cc(F)ccc1C(=O)Nc1ccccc1. The summed E-state index contributed by atoms with van der Waals surface area (Å²) in [5.74, 6) is -2.64. The van der Waals surface area contributed by atoms with E-state index in [0.29, 0.717) is 5.69 Å². The molecule has 2 aromatic carbocycles. The standard InChI is InChI=1S/C14H10FNO3/c15-9-6-7-11(12(8-9)14(18)19)13(17)16-10-4-2-1-3-5-10/h1-8H,(H,16,17)(H,18,19). The zero-order valence-corrected chi connectivity index (χ0v) is 9.76. The molecule has 0 radical (unpaired) electrons. The van der Waals surface area contributed by atoms with E-state index < -0.39 is 17.7 Å². The van der Waals surface area contributed by atoms with E-state index in [0.717, 1.165) is 18.2 Å². The molecule has 0 aliphatic rings. The molecule has 0 unspecified atom stereocenters. The minimum absolute atomic E-state index is 0.0854. The van der Waals surface area contributed by atoms with E-state index in [2.05, 4.69) is 5.32 Å². The van der Waals surface area contributed by atoms with Crippen molar-refractivity contribution in [3.8, 4) is 0 Å². The molecule has 0 atom stereocenters. The van der Waals surface area contributed by atoms with Crippen LogP contribution in [0.2, 0.25) is 0 Å². The van der Waals surface area contributed by atoms with Gasteiger partial charge in [-0.2, -0.15) is 0 Å². The zero-order valence-electron chi connectivity index (χ0n) is 9.76. The van der Waals surface area contributed by atoms with Gasteiger partial charge in [-0.25, -0.2) is 9.18 Å². The molecule has 5 heteroatoms. The number of carbonyl (C=O) groups excluding carboxylic acids is 1. The van der Waals surface area contributed by atoms with Crippen LogP contribution in [0.15, 0.2) is 48.5 Å². The van der Waals surface area contributed by atoms with E-state index in [1.54, 1.807) is 30.3 Å². The Morgan fingerprint density at radius 1 is 1.00 bits per heavy atom. The third-order valence-electron chi connectivity index (χ3n) is 2.49. The molecular formula is C14H10FNO3. The first kappa shape index (κ1) is 12.8. The fraction of sp³-hybridized carbons (Fsp3) is 0. The van der Waals surface area contributed by atoms with Crippen LogP contribution in [0, 0.1) is 5.82 Å². The molecule has 1 amide bonds. The van der Waals surface area contributed by atoms with Crippen LogP contribution in [0.1, 0.15) is 20.7 Å². The van der Waals surface area contributed by atoms with Crippen molar-refractivity contribution in [3.05, 3.63) is 65.5 Å². The highest BCUT2D eigenvalue weighted by atomic mass is 19.1. The molecule has 0 aliphatic heterocycles. The number of rotatable bonds is 3. The molecule has 0 fully saturated rings. The number of carboxylic acids is 1. The number of nitrogens with one attached hydrogen (secondary N) is 1. The van der Waals surface area contributed by atoms with Crippen molar-refractivity contribution in [1.29, 1.82) is 0 Å². The first-order valence-electron chi connectivity index (χ1n) is 5.47. The highest BCUT2D eigenvalue weighted by Crippen LogP contribution is 2.14. The fourth-order valence-electron chi connectivity index (χ4n) is 1.61. The van der Waals surface area contributed by atoms with E-state index in [-0.39, 0.29) is 11.1 Å². The van der Waals surface area contributed by atoms with Gasteiger partial charge < -0.3 is 10.4 Å². The Morgan fingerprint density at radius 2 is 1.68 bits per heavy atom. The Bertz CT molecular complexity index is 626. The monoisotopic (exact) mass is 259 g/mol. The second-order valence-electron chi connectivity index (χ2n) is 3.82. The Labute approximate surface area is 108 Å². The number of carbonyl (C=O) groups is 2. The molecule has 0 saturated carbocycles. The van der Waals surface area contributed by atoms with Crippen molar-refractivity contribution in [3.63, 3.8) is 0 Å². The smallest absolute Gasteiger partial charge is 0.336 e. The van der Waals surface area contributed by atoms with E-state index in [1.807, 2.05) is 0 Å². The van der Waals surface area contributed by atoms with Crippen LogP contribution in [-0.2, 0) is 0 Å². The number of halogens is 1. The average Bonchev–Trinajstić information content (AvgIpc) is 2.39. The number of para-hydroxylation sites is 1. The number of aromatic carboxylic acids is 1. The van der Waals surface area contributed by atoms with Crippen molar-refractivity contribution in [2.75, 3.05) is 5.32 Å². The molecule has 0 aromatic heterocycles. The molecule has 0 saturated heterocycles.